The minimum Gasteiger partial charge on any atom is -0.395 e. The highest BCUT2D eigenvalue weighted by molar-refractivity contribution is 4.94. The van der Waals surface area contributed by atoms with E-state index >= 15 is 0 Å². The summed E-state index contributed by atoms with van der Waals surface area (Å²) in [6.07, 6.45) is 4.92. The summed E-state index contributed by atoms with van der Waals surface area (Å²) in [5.74, 6) is 1.25. The van der Waals surface area contributed by atoms with Crippen LogP contribution in [0.1, 0.15) is 25.7 Å². The van der Waals surface area contributed by atoms with Crippen LogP contribution in [0.4, 0.5) is 0 Å². The molecule has 3 N–H and O–H groups in total. The van der Waals surface area contributed by atoms with Crippen LogP contribution in [0.2, 0.25) is 0 Å². The zero-order valence-corrected chi connectivity index (χ0v) is 10.8. The summed E-state index contributed by atoms with van der Waals surface area (Å²) in [4.78, 5) is 2.39. The SMILES string of the molecule is COCC1CCCN(C(CO)C(N)C2CC2)C1. The standard InChI is InChI=1S/C13H26N2O2/c1-17-9-10-3-2-6-15(7-10)12(8-16)13(14)11-4-5-11/h10-13,16H,2-9,14H2,1H3. The van der Waals surface area contributed by atoms with E-state index in [-0.39, 0.29) is 18.7 Å². The quantitative estimate of drug-likeness (QED) is 0.710. The molecule has 0 spiro atoms. The molecule has 4 nitrogen and oxygen atoms in total. The average Bonchev–Trinajstić information content (AvgIpc) is 3.14. The van der Waals surface area contributed by atoms with Crippen molar-refractivity contribution in [3.63, 3.8) is 0 Å². The second-order valence-corrected chi connectivity index (χ2v) is 5.62. The highest BCUT2D eigenvalue weighted by Crippen LogP contribution is 2.34. The number of hydrogen-bond donors (Lipinski definition) is 2. The first-order chi connectivity index (χ1) is 8.26. The number of aliphatic hydroxyl groups is 1. The minimum absolute atomic E-state index is 0.154. The Bertz CT molecular complexity index is 231. The highest BCUT2D eigenvalue weighted by Gasteiger charge is 2.37. The first kappa shape index (κ1) is 13.3. The van der Waals surface area contributed by atoms with Crippen molar-refractivity contribution in [2.45, 2.75) is 37.8 Å². The Kier molecular flexibility index (Phi) is 4.79. The van der Waals surface area contributed by atoms with E-state index in [2.05, 4.69) is 4.90 Å². The van der Waals surface area contributed by atoms with E-state index in [0.29, 0.717) is 11.8 Å². The maximum Gasteiger partial charge on any atom is 0.0602 e. The number of aliphatic hydroxyl groups excluding tert-OH is 1. The molecule has 0 aromatic carbocycles. The zero-order chi connectivity index (χ0) is 12.3. The van der Waals surface area contributed by atoms with Crippen LogP contribution in [-0.4, -0.2) is 55.5 Å². The first-order valence-electron chi connectivity index (χ1n) is 6.85. The van der Waals surface area contributed by atoms with Gasteiger partial charge in [0.25, 0.3) is 0 Å². The van der Waals surface area contributed by atoms with E-state index in [1.807, 2.05) is 0 Å². The van der Waals surface area contributed by atoms with Gasteiger partial charge in [0.05, 0.1) is 13.2 Å². The molecule has 0 aromatic rings. The summed E-state index contributed by atoms with van der Waals surface area (Å²) >= 11 is 0. The van der Waals surface area contributed by atoms with E-state index in [9.17, 15) is 5.11 Å². The van der Waals surface area contributed by atoms with Crippen LogP contribution in [0, 0.1) is 11.8 Å². The van der Waals surface area contributed by atoms with E-state index in [1.165, 1.54) is 25.7 Å². The molecule has 1 heterocycles. The summed E-state index contributed by atoms with van der Waals surface area (Å²) in [5.41, 5.74) is 6.25. The highest BCUT2D eigenvalue weighted by atomic mass is 16.5. The van der Waals surface area contributed by atoms with E-state index in [1.54, 1.807) is 7.11 Å². The van der Waals surface area contributed by atoms with Crippen molar-refractivity contribution in [2.75, 3.05) is 33.4 Å². The Morgan fingerprint density at radius 1 is 1.41 bits per heavy atom. The van der Waals surface area contributed by atoms with E-state index in [4.69, 9.17) is 10.5 Å². The fraction of sp³-hybridized carbons (Fsp3) is 1.00. The maximum absolute atomic E-state index is 9.59. The second-order valence-electron chi connectivity index (χ2n) is 5.62. The molecule has 3 atom stereocenters. The van der Waals surface area contributed by atoms with E-state index < -0.39 is 0 Å². The van der Waals surface area contributed by atoms with Crippen molar-refractivity contribution in [1.29, 1.82) is 0 Å². The van der Waals surface area contributed by atoms with Gasteiger partial charge in [0.2, 0.25) is 0 Å². The van der Waals surface area contributed by atoms with Crippen LogP contribution in [0.25, 0.3) is 0 Å². The third-order valence-corrected chi connectivity index (χ3v) is 4.22. The maximum atomic E-state index is 9.59. The van der Waals surface area contributed by atoms with E-state index in [0.717, 1.165) is 19.7 Å². The Hall–Kier alpha value is -0.160. The van der Waals surface area contributed by atoms with Crippen LogP contribution in [0.3, 0.4) is 0 Å². The number of piperidine rings is 1. The molecule has 17 heavy (non-hydrogen) atoms. The monoisotopic (exact) mass is 242 g/mol. The largest absolute Gasteiger partial charge is 0.395 e. The zero-order valence-electron chi connectivity index (χ0n) is 10.8. The summed E-state index contributed by atoms with van der Waals surface area (Å²) in [6, 6.07) is 0.309. The molecule has 100 valence electrons. The van der Waals surface area contributed by atoms with Gasteiger partial charge < -0.3 is 15.6 Å². The molecule has 1 aliphatic carbocycles. The number of ether oxygens (including phenoxy) is 1. The molecule has 2 aliphatic rings. The summed E-state index contributed by atoms with van der Waals surface area (Å²) < 4.78 is 5.24. The minimum atomic E-state index is 0.154. The average molecular weight is 242 g/mol. The first-order valence-corrected chi connectivity index (χ1v) is 6.85. The number of rotatable bonds is 6. The van der Waals surface area contributed by atoms with Gasteiger partial charge in [-0.3, -0.25) is 4.90 Å². The topological polar surface area (TPSA) is 58.7 Å². The third-order valence-electron chi connectivity index (χ3n) is 4.22. The molecular formula is C13H26N2O2. The molecule has 4 heteroatoms. The summed E-state index contributed by atoms with van der Waals surface area (Å²) in [5, 5.41) is 9.59. The van der Waals surface area contributed by atoms with Gasteiger partial charge in [-0.05, 0) is 44.1 Å². The molecule has 3 unspecified atom stereocenters. The normalized spacial score (nSPS) is 30.2. The van der Waals surface area contributed by atoms with Crippen molar-refractivity contribution >= 4 is 0 Å². The lowest BCUT2D eigenvalue weighted by Crippen LogP contribution is -2.54. The molecule has 0 bridgehead atoms. The van der Waals surface area contributed by atoms with Gasteiger partial charge in [-0.15, -0.1) is 0 Å². The van der Waals surface area contributed by atoms with Gasteiger partial charge >= 0.3 is 0 Å². The van der Waals surface area contributed by atoms with Gasteiger partial charge in [-0.2, -0.15) is 0 Å². The molecule has 0 aromatic heterocycles. The second kappa shape index (κ2) is 6.14. The molecule has 1 saturated carbocycles. The van der Waals surface area contributed by atoms with Crippen LogP contribution < -0.4 is 5.73 Å². The predicted molar refractivity (Wildman–Crippen MR) is 67.7 cm³/mol. The van der Waals surface area contributed by atoms with Gasteiger partial charge in [-0.25, -0.2) is 0 Å². The van der Waals surface area contributed by atoms with Crippen LogP contribution in [-0.2, 0) is 4.74 Å². The molecule has 1 saturated heterocycles. The molecule has 0 radical (unpaired) electrons. The number of methoxy groups -OCH3 is 1. The van der Waals surface area contributed by atoms with Crippen LogP contribution in [0.15, 0.2) is 0 Å². The Morgan fingerprint density at radius 3 is 2.76 bits per heavy atom. The van der Waals surface area contributed by atoms with Gasteiger partial charge in [0.15, 0.2) is 0 Å². The fourth-order valence-electron chi connectivity index (χ4n) is 3.05. The number of nitrogens with zero attached hydrogens (tertiary/aromatic N) is 1. The Labute approximate surface area is 104 Å². The van der Waals surface area contributed by atoms with Gasteiger partial charge in [0.1, 0.15) is 0 Å². The van der Waals surface area contributed by atoms with Crippen molar-refractivity contribution in [3.8, 4) is 0 Å². The Balaban J connectivity index is 1.88. The van der Waals surface area contributed by atoms with Gasteiger partial charge in [0, 0.05) is 25.7 Å². The summed E-state index contributed by atoms with van der Waals surface area (Å²) in [7, 11) is 1.76. The third kappa shape index (κ3) is 3.41. The van der Waals surface area contributed by atoms with Crippen LogP contribution >= 0.6 is 0 Å². The molecule has 1 aliphatic heterocycles. The lowest BCUT2D eigenvalue weighted by molar-refractivity contribution is 0.0356. The lowest BCUT2D eigenvalue weighted by Gasteiger charge is -2.40. The van der Waals surface area contributed by atoms with Gasteiger partial charge in [-0.1, -0.05) is 0 Å². The van der Waals surface area contributed by atoms with Crippen molar-refractivity contribution in [2.24, 2.45) is 17.6 Å². The Morgan fingerprint density at radius 2 is 2.18 bits per heavy atom. The smallest absolute Gasteiger partial charge is 0.0602 e. The molecule has 0 amide bonds. The number of hydrogen-bond acceptors (Lipinski definition) is 4. The predicted octanol–water partition coefficient (Wildman–Crippen LogP) is 0.443. The number of nitrogens with two attached hydrogens (primary N) is 1. The fourth-order valence-corrected chi connectivity index (χ4v) is 3.05. The lowest BCUT2D eigenvalue weighted by atomic mass is 9.94. The van der Waals surface area contributed by atoms with Crippen molar-refractivity contribution < 1.29 is 9.84 Å². The van der Waals surface area contributed by atoms with Crippen LogP contribution in [0.5, 0.6) is 0 Å². The van der Waals surface area contributed by atoms with Crippen molar-refractivity contribution in [3.05, 3.63) is 0 Å². The number of likely N-dealkylation sites (tertiary alicyclic amines) is 1. The van der Waals surface area contributed by atoms with Crippen molar-refractivity contribution in [1.82, 2.24) is 4.90 Å². The molecule has 2 fully saturated rings. The summed E-state index contributed by atoms with van der Waals surface area (Å²) in [6.45, 7) is 3.12. The molecular weight excluding hydrogens is 216 g/mol. The molecule has 2 rings (SSSR count).